The van der Waals surface area contributed by atoms with Crippen LogP contribution in [0.25, 0.3) is 0 Å². The van der Waals surface area contributed by atoms with Crippen molar-refractivity contribution in [1.29, 1.82) is 0 Å². The van der Waals surface area contributed by atoms with E-state index >= 15 is 0 Å². The van der Waals surface area contributed by atoms with E-state index in [1.807, 2.05) is 38.1 Å². The first kappa shape index (κ1) is 16.2. The van der Waals surface area contributed by atoms with Crippen LogP contribution in [0.3, 0.4) is 0 Å². The predicted octanol–water partition coefficient (Wildman–Crippen LogP) is 3.54. The molecule has 5 nitrogen and oxygen atoms in total. The minimum atomic E-state index is -0.208. The molecule has 0 aliphatic rings. The molecule has 0 unspecified atom stereocenters. The number of carbonyl (C=O) groups excluding carboxylic acids is 1. The number of amides is 1. The lowest BCUT2D eigenvalue weighted by molar-refractivity contribution is 0.0657. The molecular weight excluding hydrogens is 278 g/mol. The highest BCUT2D eigenvalue weighted by Crippen LogP contribution is 2.14. The van der Waals surface area contributed by atoms with Gasteiger partial charge in [-0.05, 0) is 44.0 Å². The standard InChI is InChI=1S/C17H23N3O2/c1-4-6-15-10-16(20-19-15)17(21)18-14-8-5-7-13(9-14)11-22-12(2)3/h5,7-10,12H,4,6,11H2,1-3H3,(H,18,21)(H,19,20). The highest BCUT2D eigenvalue weighted by molar-refractivity contribution is 6.02. The fourth-order valence-corrected chi connectivity index (χ4v) is 2.07. The Bertz CT molecular complexity index is 620. The van der Waals surface area contributed by atoms with Crippen LogP contribution < -0.4 is 5.32 Å². The largest absolute Gasteiger partial charge is 0.374 e. The molecule has 2 rings (SSSR count). The van der Waals surface area contributed by atoms with E-state index in [1.54, 1.807) is 6.07 Å². The number of hydrogen-bond acceptors (Lipinski definition) is 3. The third kappa shape index (κ3) is 4.70. The van der Waals surface area contributed by atoms with Gasteiger partial charge in [0.2, 0.25) is 0 Å². The van der Waals surface area contributed by atoms with E-state index in [-0.39, 0.29) is 12.0 Å². The fraction of sp³-hybridized carbons (Fsp3) is 0.412. The van der Waals surface area contributed by atoms with Crippen molar-refractivity contribution in [2.45, 2.75) is 46.3 Å². The molecule has 0 spiro atoms. The van der Waals surface area contributed by atoms with Crippen molar-refractivity contribution >= 4 is 11.6 Å². The Hall–Kier alpha value is -2.14. The Morgan fingerprint density at radius 1 is 1.36 bits per heavy atom. The number of nitrogens with one attached hydrogen (secondary N) is 2. The average Bonchev–Trinajstić information content (AvgIpc) is 2.95. The second kappa shape index (κ2) is 7.75. The number of carbonyl (C=O) groups is 1. The molecule has 0 bridgehead atoms. The minimum Gasteiger partial charge on any atom is -0.374 e. The molecule has 118 valence electrons. The van der Waals surface area contributed by atoms with Crippen molar-refractivity contribution in [3.05, 3.63) is 47.3 Å². The molecule has 0 atom stereocenters. The summed E-state index contributed by atoms with van der Waals surface area (Å²) in [6, 6.07) is 9.45. The van der Waals surface area contributed by atoms with Crippen molar-refractivity contribution in [3.8, 4) is 0 Å². The van der Waals surface area contributed by atoms with Crippen LogP contribution in [0.1, 0.15) is 48.9 Å². The molecule has 0 aliphatic carbocycles. The number of aromatic nitrogens is 2. The van der Waals surface area contributed by atoms with Gasteiger partial charge in [-0.1, -0.05) is 25.5 Å². The van der Waals surface area contributed by atoms with Gasteiger partial charge >= 0.3 is 0 Å². The van der Waals surface area contributed by atoms with Crippen LogP contribution in [-0.2, 0) is 17.8 Å². The van der Waals surface area contributed by atoms with Crippen molar-refractivity contribution in [2.24, 2.45) is 0 Å². The summed E-state index contributed by atoms with van der Waals surface area (Å²) in [4.78, 5) is 12.2. The lowest BCUT2D eigenvalue weighted by Crippen LogP contribution is -2.12. The van der Waals surface area contributed by atoms with Crippen LogP contribution in [0.2, 0.25) is 0 Å². The van der Waals surface area contributed by atoms with E-state index in [9.17, 15) is 4.79 Å². The number of ether oxygens (including phenoxy) is 1. The lowest BCUT2D eigenvalue weighted by atomic mass is 10.2. The van der Waals surface area contributed by atoms with Crippen LogP contribution in [0.4, 0.5) is 5.69 Å². The SMILES string of the molecule is CCCc1cc(C(=O)Nc2cccc(COC(C)C)c2)n[nH]1. The van der Waals surface area contributed by atoms with Gasteiger partial charge in [0.15, 0.2) is 5.69 Å². The molecule has 5 heteroatoms. The quantitative estimate of drug-likeness (QED) is 0.822. The molecule has 0 saturated carbocycles. The number of nitrogens with zero attached hydrogens (tertiary/aromatic N) is 1. The van der Waals surface area contributed by atoms with Crippen molar-refractivity contribution in [3.63, 3.8) is 0 Å². The Balaban J connectivity index is 1.99. The monoisotopic (exact) mass is 301 g/mol. The van der Waals surface area contributed by atoms with Crippen LogP contribution in [0.5, 0.6) is 0 Å². The Kier molecular flexibility index (Phi) is 5.72. The lowest BCUT2D eigenvalue weighted by Gasteiger charge is -2.09. The maximum atomic E-state index is 12.2. The summed E-state index contributed by atoms with van der Waals surface area (Å²) >= 11 is 0. The van der Waals surface area contributed by atoms with E-state index in [2.05, 4.69) is 22.4 Å². The molecule has 1 aromatic carbocycles. The molecule has 0 fully saturated rings. The van der Waals surface area contributed by atoms with E-state index in [0.29, 0.717) is 12.3 Å². The maximum absolute atomic E-state index is 12.2. The first-order chi connectivity index (χ1) is 10.6. The van der Waals surface area contributed by atoms with E-state index < -0.39 is 0 Å². The van der Waals surface area contributed by atoms with Crippen molar-refractivity contribution in [1.82, 2.24) is 10.2 Å². The number of H-pyrrole nitrogens is 1. The van der Waals surface area contributed by atoms with Crippen LogP contribution >= 0.6 is 0 Å². The normalized spacial score (nSPS) is 10.9. The third-order valence-corrected chi connectivity index (χ3v) is 3.15. The van der Waals surface area contributed by atoms with Gasteiger partial charge < -0.3 is 10.1 Å². The van der Waals surface area contributed by atoms with E-state index in [4.69, 9.17) is 4.74 Å². The first-order valence-electron chi connectivity index (χ1n) is 7.64. The molecule has 2 aromatic rings. The second-order valence-electron chi connectivity index (χ2n) is 5.54. The summed E-state index contributed by atoms with van der Waals surface area (Å²) in [6.45, 7) is 6.61. The van der Waals surface area contributed by atoms with Crippen molar-refractivity contribution in [2.75, 3.05) is 5.32 Å². The van der Waals surface area contributed by atoms with Crippen LogP contribution in [0, 0.1) is 0 Å². The number of rotatable bonds is 7. The first-order valence-corrected chi connectivity index (χ1v) is 7.64. The number of aryl methyl sites for hydroxylation is 1. The maximum Gasteiger partial charge on any atom is 0.276 e. The smallest absolute Gasteiger partial charge is 0.276 e. The van der Waals surface area contributed by atoms with Crippen LogP contribution in [0.15, 0.2) is 30.3 Å². The van der Waals surface area contributed by atoms with E-state index in [1.165, 1.54) is 0 Å². The molecule has 0 aliphatic heterocycles. The average molecular weight is 301 g/mol. The molecule has 22 heavy (non-hydrogen) atoms. The van der Waals surface area contributed by atoms with E-state index in [0.717, 1.165) is 29.8 Å². The molecule has 2 N–H and O–H groups in total. The minimum absolute atomic E-state index is 0.180. The molecule has 1 aromatic heterocycles. The predicted molar refractivity (Wildman–Crippen MR) is 86.9 cm³/mol. The van der Waals surface area contributed by atoms with Gasteiger partial charge in [0, 0.05) is 11.4 Å². The second-order valence-corrected chi connectivity index (χ2v) is 5.54. The summed E-state index contributed by atoms with van der Waals surface area (Å²) in [7, 11) is 0. The Morgan fingerprint density at radius 3 is 2.91 bits per heavy atom. The van der Waals surface area contributed by atoms with Crippen LogP contribution in [-0.4, -0.2) is 22.2 Å². The zero-order valence-electron chi connectivity index (χ0n) is 13.3. The fourth-order valence-electron chi connectivity index (χ4n) is 2.07. The molecular formula is C17H23N3O2. The number of anilines is 1. The van der Waals surface area contributed by atoms with Gasteiger partial charge in [-0.25, -0.2) is 0 Å². The summed E-state index contributed by atoms with van der Waals surface area (Å²) in [5.41, 5.74) is 3.16. The van der Waals surface area contributed by atoms with Gasteiger partial charge in [0.25, 0.3) is 5.91 Å². The Labute approximate surface area is 131 Å². The number of benzene rings is 1. The highest BCUT2D eigenvalue weighted by Gasteiger charge is 2.10. The zero-order chi connectivity index (χ0) is 15.9. The highest BCUT2D eigenvalue weighted by atomic mass is 16.5. The summed E-state index contributed by atoms with van der Waals surface area (Å²) in [5, 5.41) is 9.80. The molecule has 0 saturated heterocycles. The summed E-state index contributed by atoms with van der Waals surface area (Å²) in [6.07, 6.45) is 2.09. The van der Waals surface area contributed by atoms with Gasteiger partial charge in [0.05, 0.1) is 12.7 Å². The van der Waals surface area contributed by atoms with Gasteiger partial charge in [-0.2, -0.15) is 5.10 Å². The van der Waals surface area contributed by atoms with Gasteiger partial charge in [-0.15, -0.1) is 0 Å². The zero-order valence-corrected chi connectivity index (χ0v) is 13.3. The summed E-state index contributed by atoms with van der Waals surface area (Å²) < 4.78 is 5.57. The Morgan fingerprint density at radius 2 is 2.18 bits per heavy atom. The molecule has 0 radical (unpaired) electrons. The van der Waals surface area contributed by atoms with Gasteiger partial charge in [0.1, 0.15) is 0 Å². The number of aromatic amines is 1. The molecule has 1 heterocycles. The topological polar surface area (TPSA) is 67.0 Å². The molecule has 1 amide bonds. The number of hydrogen-bond donors (Lipinski definition) is 2. The third-order valence-electron chi connectivity index (χ3n) is 3.15. The summed E-state index contributed by atoms with van der Waals surface area (Å²) in [5.74, 6) is -0.208. The van der Waals surface area contributed by atoms with Crippen molar-refractivity contribution < 1.29 is 9.53 Å². The van der Waals surface area contributed by atoms with Gasteiger partial charge in [-0.3, -0.25) is 9.89 Å².